The maximum absolute atomic E-state index is 14.4. The van der Waals surface area contributed by atoms with E-state index in [1.165, 1.54) is 6.07 Å². The summed E-state index contributed by atoms with van der Waals surface area (Å²) in [6.07, 6.45) is 5.72. The van der Waals surface area contributed by atoms with Gasteiger partial charge in [0.2, 0.25) is 0 Å². The summed E-state index contributed by atoms with van der Waals surface area (Å²) in [5, 5.41) is 13.9. The lowest BCUT2D eigenvalue weighted by Crippen LogP contribution is -2.26. The highest BCUT2D eigenvalue weighted by Gasteiger charge is 2.15. The topological polar surface area (TPSA) is 133 Å². The molecule has 0 aliphatic rings. The predicted molar refractivity (Wildman–Crippen MR) is 111 cm³/mol. The van der Waals surface area contributed by atoms with Crippen molar-refractivity contribution in [3.8, 4) is 5.69 Å². The van der Waals surface area contributed by atoms with Gasteiger partial charge in [-0.25, -0.2) is 14.1 Å². The third-order valence-corrected chi connectivity index (χ3v) is 4.13. The molecule has 0 fully saturated rings. The van der Waals surface area contributed by atoms with Crippen molar-refractivity contribution in [1.29, 1.82) is 0 Å². The van der Waals surface area contributed by atoms with Gasteiger partial charge in [0, 0.05) is 23.8 Å². The van der Waals surface area contributed by atoms with Crippen molar-refractivity contribution in [2.75, 3.05) is 17.2 Å². The quantitative estimate of drug-likeness (QED) is 0.455. The monoisotopic (exact) mass is 397 g/mol. The second kappa shape index (κ2) is 8.65. The molecule has 0 saturated heterocycles. The highest BCUT2D eigenvalue weighted by atomic mass is 19.1. The number of nitrogens with zero attached hydrogens (tertiary/aromatic N) is 5. The van der Waals surface area contributed by atoms with Crippen molar-refractivity contribution in [3.05, 3.63) is 54.4 Å². The maximum atomic E-state index is 14.4. The predicted octanol–water partition coefficient (Wildman–Crippen LogP) is 2.19. The fraction of sp³-hybridized carbons (Fsp3) is 0.263. The summed E-state index contributed by atoms with van der Waals surface area (Å²) >= 11 is 0. The molecule has 1 atom stereocenters. The Morgan fingerprint density at radius 3 is 2.76 bits per heavy atom. The van der Waals surface area contributed by atoms with Crippen LogP contribution in [0.15, 0.2) is 37.3 Å². The second-order valence-electron chi connectivity index (χ2n) is 6.61. The Hall–Kier alpha value is -3.53. The summed E-state index contributed by atoms with van der Waals surface area (Å²) in [5.74, 6) is -0.119. The van der Waals surface area contributed by atoms with E-state index in [4.69, 9.17) is 11.5 Å². The fourth-order valence-electron chi connectivity index (χ4n) is 2.70. The first kappa shape index (κ1) is 20.2. The van der Waals surface area contributed by atoms with Gasteiger partial charge in [0.05, 0.1) is 35.7 Å². The molecule has 3 heterocycles. The summed E-state index contributed by atoms with van der Waals surface area (Å²) in [6, 6.07) is 2.99. The summed E-state index contributed by atoms with van der Waals surface area (Å²) in [6.45, 7) is 7.90. The van der Waals surface area contributed by atoms with Crippen LogP contribution in [0.4, 0.5) is 21.7 Å². The Morgan fingerprint density at radius 1 is 1.34 bits per heavy atom. The first-order chi connectivity index (χ1) is 13.9. The first-order valence-electron chi connectivity index (χ1n) is 9.16. The zero-order valence-corrected chi connectivity index (χ0v) is 16.4. The number of rotatable bonds is 8. The standard InChI is InChI=1S/C19H24FN9/c1-4-16-17(29-6-5-25-28-29)7-13(10-23-16)26-18-14(12(3)22)8-15(20)19(27-18)24-9-11(2)21/h5-8,10-11H,3-4,9,21-22H2,1-2H3,(H2,24,26,27). The number of aromatic nitrogens is 5. The van der Waals surface area contributed by atoms with Crippen LogP contribution in [-0.2, 0) is 6.42 Å². The third-order valence-electron chi connectivity index (χ3n) is 4.13. The Balaban J connectivity index is 1.99. The molecule has 1 unspecified atom stereocenters. The minimum Gasteiger partial charge on any atom is -0.399 e. The van der Waals surface area contributed by atoms with Crippen molar-refractivity contribution in [3.63, 3.8) is 0 Å². The summed E-state index contributed by atoms with van der Waals surface area (Å²) in [5.41, 5.74) is 14.4. The van der Waals surface area contributed by atoms with Crippen molar-refractivity contribution in [2.45, 2.75) is 26.3 Å². The van der Waals surface area contributed by atoms with Gasteiger partial charge in [0.15, 0.2) is 11.6 Å². The van der Waals surface area contributed by atoms with Gasteiger partial charge in [-0.05, 0) is 25.5 Å². The Kier molecular flexibility index (Phi) is 6.03. The molecule has 152 valence electrons. The van der Waals surface area contributed by atoms with E-state index in [9.17, 15) is 4.39 Å². The molecule has 0 amide bonds. The molecule has 10 heteroatoms. The van der Waals surface area contributed by atoms with Crippen LogP contribution < -0.4 is 22.1 Å². The van der Waals surface area contributed by atoms with Crippen molar-refractivity contribution in [2.24, 2.45) is 11.5 Å². The fourth-order valence-corrected chi connectivity index (χ4v) is 2.70. The van der Waals surface area contributed by atoms with Crippen LogP contribution in [0.2, 0.25) is 0 Å². The van der Waals surface area contributed by atoms with Crippen LogP contribution in [-0.4, -0.2) is 37.5 Å². The van der Waals surface area contributed by atoms with Crippen LogP contribution in [0, 0.1) is 5.82 Å². The number of hydrogen-bond donors (Lipinski definition) is 4. The second-order valence-corrected chi connectivity index (χ2v) is 6.61. The Morgan fingerprint density at radius 2 is 2.14 bits per heavy atom. The van der Waals surface area contributed by atoms with E-state index in [-0.39, 0.29) is 17.6 Å². The Labute approximate surface area is 168 Å². The SMILES string of the molecule is C=C(N)c1cc(F)c(NCC(C)N)nc1Nc1cnc(CC)c(-n2ccnn2)c1. The van der Waals surface area contributed by atoms with E-state index in [1.807, 2.05) is 19.9 Å². The number of nitrogens with two attached hydrogens (primary N) is 2. The van der Waals surface area contributed by atoms with Gasteiger partial charge in [-0.15, -0.1) is 5.10 Å². The maximum Gasteiger partial charge on any atom is 0.166 e. The van der Waals surface area contributed by atoms with Crippen LogP contribution in [0.25, 0.3) is 11.4 Å². The van der Waals surface area contributed by atoms with Gasteiger partial charge >= 0.3 is 0 Å². The highest BCUT2D eigenvalue weighted by molar-refractivity contribution is 5.76. The lowest BCUT2D eigenvalue weighted by atomic mass is 10.2. The van der Waals surface area contributed by atoms with Gasteiger partial charge < -0.3 is 22.1 Å². The van der Waals surface area contributed by atoms with Gasteiger partial charge in [0.25, 0.3) is 0 Å². The molecule has 29 heavy (non-hydrogen) atoms. The lowest BCUT2D eigenvalue weighted by Gasteiger charge is -2.16. The molecule has 0 aliphatic carbocycles. The third kappa shape index (κ3) is 4.66. The van der Waals surface area contributed by atoms with Crippen molar-refractivity contribution >= 4 is 23.0 Å². The van der Waals surface area contributed by atoms with Gasteiger partial charge in [-0.2, -0.15) is 0 Å². The average Bonchev–Trinajstić information content (AvgIpc) is 3.22. The number of halogens is 1. The molecular formula is C19H24FN9. The zero-order chi connectivity index (χ0) is 21.0. The first-order valence-corrected chi connectivity index (χ1v) is 9.16. The minimum atomic E-state index is -0.541. The summed E-state index contributed by atoms with van der Waals surface area (Å²) < 4.78 is 16.0. The number of aryl methyl sites for hydroxylation is 1. The molecule has 0 spiro atoms. The number of hydrogen-bond acceptors (Lipinski definition) is 8. The summed E-state index contributed by atoms with van der Waals surface area (Å²) in [4.78, 5) is 8.82. The molecule has 0 aromatic carbocycles. The van der Waals surface area contributed by atoms with Crippen LogP contribution in [0.5, 0.6) is 0 Å². The van der Waals surface area contributed by atoms with E-state index in [2.05, 4.69) is 37.5 Å². The van der Waals surface area contributed by atoms with E-state index >= 15 is 0 Å². The van der Waals surface area contributed by atoms with Crippen LogP contribution >= 0.6 is 0 Å². The van der Waals surface area contributed by atoms with Crippen LogP contribution in [0.3, 0.4) is 0 Å². The van der Waals surface area contributed by atoms with Crippen molar-refractivity contribution in [1.82, 2.24) is 25.0 Å². The molecule has 0 saturated carbocycles. The van der Waals surface area contributed by atoms with E-state index in [0.717, 1.165) is 17.8 Å². The van der Waals surface area contributed by atoms with Crippen molar-refractivity contribution < 1.29 is 4.39 Å². The molecular weight excluding hydrogens is 373 g/mol. The average molecular weight is 397 g/mol. The molecule has 6 N–H and O–H groups in total. The normalized spacial score (nSPS) is 11.9. The molecule has 0 aliphatic heterocycles. The number of nitrogens with one attached hydrogen (secondary N) is 2. The number of pyridine rings is 2. The molecule has 0 radical (unpaired) electrons. The van der Waals surface area contributed by atoms with Gasteiger partial charge in [-0.1, -0.05) is 18.7 Å². The zero-order valence-electron chi connectivity index (χ0n) is 16.4. The smallest absolute Gasteiger partial charge is 0.166 e. The van der Waals surface area contributed by atoms with E-state index in [0.29, 0.717) is 23.6 Å². The minimum absolute atomic E-state index is 0.0736. The van der Waals surface area contributed by atoms with Gasteiger partial charge in [-0.3, -0.25) is 4.98 Å². The Bertz CT molecular complexity index is 999. The number of anilines is 3. The molecule has 9 nitrogen and oxygen atoms in total. The van der Waals surface area contributed by atoms with Crippen LogP contribution in [0.1, 0.15) is 25.1 Å². The lowest BCUT2D eigenvalue weighted by molar-refractivity contribution is 0.622. The molecule has 0 bridgehead atoms. The highest BCUT2D eigenvalue weighted by Crippen LogP contribution is 2.27. The summed E-state index contributed by atoms with van der Waals surface area (Å²) in [7, 11) is 0. The largest absolute Gasteiger partial charge is 0.399 e. The van der Waals surface area contributed by atoms with E-state index < -0.39 is 5.82 Å². The molecule has 3 aromatic rings. The molecule has 3 aromatic heterocycles. The molecule has 3 rings (SSSR count). The van der Waals surface area contributed by atoms with Gasteiger partial charge in [0.1, 0.15) is 5.82 Å². The van der Waals surface area contributed by atoms with E-state index in [1.54, 1.807) is 23.3 Å².